The van der Waals surface area contributed by atoms with E-state index < -0.39 is 10.1 Å². The van der Waals surface area contributed by atoms with Crippen LogP contribution in [0.15, 0.2) is 41.3 Å². The Morgan fingerprint density at radius 2 is 1.65 bits per heavy atom. The Hall–Kier alpha value is 0.246. The number of hydrogen-bond acceptors (Lipinski definition) is 3. The summed E-state index contributed by atoms with van der Waals surface area (Å²) >= 11 is 0. The van der Waals surface area contributed by atoms with Crippen molar-refractivity contribution >= 4 is 20.9 Å². The molecule has 0 aliphatic carbocycles. The summed E-state index contributed by atoms with van der Waals surface area (Å²) in [6, 6.07) is 10.6. The van der Waals surface area contributed by atoms with Crippen LogP contribution in [-0.4, -0.2) is 13.0 Å². The zero-order valence-corrected chi connectivity index (χ0v) is 18.0. The Bertz CT molecular complexity index is 726. The van der Waals surface area contributed by atoms with Gasteiger partial charge < -0.3 is 4.55 Å². The van der Waals surface area contributed by atoms with Crippen LogP contribution in [0.2, 0.25) is 0 Å². The summed E-state index contributed by atoms with van der Waals surface area (Å²) in [5.74, 6) is 0. The zero-order valence-electron chi connectivity index (χ0n) is 14.0. The second-order valence-corrected chi connectivity index (χ2v) is 7.15. The van der Waals surface area contributed by atoms with Crippen molar-refractivity contribution in [2.75, 3.05) is 0 Å². The van der Waals surface area contributed by atoms with Crippen molar-refractivity contribution in [3.8, 4) is 0 Å². The molecule has 0 unspecified atom stereocenters. The third-order valence-corrected chi connectivity index (χ3v) is 4.86. The SMILES string of the molecule is CCCCCCCCc1cccc2ccc(S(=O)(=O)[O-])cc12.[K+]. The number of unbranched alkanes of at least 4 members (excludes halogenated alkanes) is 5. The second kappa shape index (κ2) is 10.3. The fraction of sp³-hybridized carbons (Fsp3) is 0.444. The maximum Gasteiger partial charge on any atom is 1.00 e. The standard InChI is InChI=1S/C18H24O3S.K/c1-2-3-4-5-6-7-9-15-10-8-11-16-12-13-17(14-18(15)16)22(19,20)21;/h8,10-14H,2-7,9H2,1H3,(H,19,20,21);/q;+1/p-1. The molecule has 23 heavy (non-hydrogen) atoms. The van der Waals surface area contributed by atoms with Crippen molar-refractivity contribution in [1.82, 2.24) is 0 Å². The summed E-state index contributed by atoms with van der Waals surface area (Å²) in [5, 5.41) is 1.86. The smallest absolute Gasteiger partial charge is 0.744 e. The fourth-order valence-electron chi connectivity index (χ4n) is 2.79. The second-order valence-electron chi connectivity index (χ2n) is 5.77. The monoisotopic (exact) mass is 358 g/mol. The van der Waals surface area contributed by atoms with E-state index in [-0.39, 0.29) is 56.3 Å². The molecule has 0 aliphatic rings. The summed E-state index contributed by atoms with van der Waals surface area (Å²) in [5.41, 5.74) is 1.12. The molecule has 0 aliphatic heterocycles. The van der Waals surface area contributed by atoms with Crippen LogP contribution in [0, 0.1) is 0 Å². The summed E-state index contributed by atoms with van der Waals surface area (Å²) in [6.07, 6.45) is 8.27. The number of fused-ring (bicyclic) bond motifs is 1. The van der Waals surface area contributed by atoms with E-state index in [1.165, 1.54) is 44.2 Å². The molecule has 0 N–H and O–H groups in total. The molecule has 0 saturated heterocycles. The number of benzene rings is 2. The third kappa shape index (κ3) is 6.57. The van der Waals surface area contributed by atoms with Crippen LogP contribution in [0.4, 0.5) is 0 Å². The first-order chi connectivity index (χ1) is 10.5. The maximum atomic E-state index is 11.2. The van der Waals surface area contributed by atoms with Crippen LogP contribution in [0.25, 0.3) is 10.8 Å². The van der Waals surface area contributed by atoms with Crippen LogP contribution in [0.1, 0.15) is 51.0 Å². The van der Waals surface area contributed by atoms with Crippen LogP contribution >= 0.6 is 0 Å². The van der Waals surface area contributed by atoms with Crippen molar-refractivity contribution in [2.45, 2.75) is 56.8 Å². The fourth-order valence-corrected chi connectivity index (χ4v) is 3.28. The first kappa shape index (κ1) is 21.3. The number of aryl methyl sites for hydroxylation is 1. The van der Waals surface area contributed by atoms with Gasteiger partial charge in [0.15, 0.2) is 0 Å². The van der Waals surface area contributed by atoms with E-state index >= 15 is 0 Å². The molecule has 0 heterocycles. The first-order valence-corrected chi connectivity index (χ1v) is 9.41. The van der Waals surface area contributed by atoms with E-state index in [4.69, 9.17) is 0 Å². The van der Waals surface area contributed by atoms with Gasteiger partial charge in [0, 0.05) is 0 Å². The first-order valence-electron chi connectivity index (χ1n) is 8.00. The van der Waals surface area contributed by atoms with Gasteiger partial charge >= 0.3 is 51.4 Å². The summed E-state index contributed by atoms with van der Waals surface area (Å²) < 4.78 is 33.6. The average molecular weight is 359 g/mol. The van der Waals surface area contributed by atoms with Crippen molar-refractivity contribution < 1.29 is 64.4 Å². The van der Waals surface area contributed by atoms with Gasteiger partial charge in [0.1, 0.15) is 10.1 Å². The molecule has 0 bridgehead atoms. The summed E-state index contributed by atoms with van der Waals surface area (Å²) in [6.45, 7) is 2.21. The van der Waals surface area contributed by atoms with Crippen LogP contribution in [-0.2, 0) is 16.5 Å². The van der Waals surface area contributed by atoms with E-state index in [1.807, 2.05) is 18.2 Å². The summed E-state index contributed by atoms with van der Waals surface area (Å²) in [7, 11) is -4.40. The normalized spacial score (nSPS) is 11.4. The van der Waals surface area contributed by atoms with Crippen molar-refractivity contribution in [3.63, 3.8) is 0 Å². The topological polar surface area (TPSA) is 57.2 Å². The third-order valence-electron chi connectivity index (χ3n) is 4.03. The molecule has 0 atom stereocenters. The molecule has 2 aromatic carbocycles. The van der Waals surface area contributed by atoms with Gasteiger partial charge in [0.25, 0.3) is 0 Å². The van der Waals surface area contributed by atoms with E-state index in [9.17, 15) is 13.0 Å². The Kier molecular flexibility index (Phi) is 9.52. The Balaban J connectivity index is 0.00000264. The zero-order chi connectivity index (χ0) is 16.0. The minimum Gasteiger partial charge on any atom is -0.744 e. The average Bonchev–Trinajstić information content (AvgIpc) is 2.49. The largest absolute Gasteiger partial charge is 1.00 e. The molecule has 2 aromatic rings. The van der Waals surface area contributed by atoms with Gasteiger partial charge in [-0.2, -0.15) is 0 Å². The molecule has 5 heteroatoms. The molecule has 0 radical (unpaired) electrons. The molecular formula is C18H23KO3S. The molecule has 0 fully saturated rings. The van der Waals surface area contributed by atoms with E-state index in [1.54, 1.807) is 6.07 Å². The van der Waals surface area contributed by atoms with Gasteiger partial charge in [0.2, 0.25) is 0 Å². The van der Waals surface area contributed by atoms with Gasteiger partial charge in [-0.15, -0.1) is 0 Å². The molecule has 120 valence electrons. The number of rotatable bonds is 8. The van der Waals surface area contributed by atoms with Crippen molar-refractivity contribution in [3.05, 3.63) is 42.0 Å². The van der Waals surface area contributed by atoms with Crippen LogP contribution in [0.3, 0.4) is 0 Å². The maximum absolute atomic E-state index is 11.2. The van der Waals surface area contributed by atoms with Crippen LogP contribution in [0.5, 0.6) is 0 Å². The predicted molar refractivity (Wildman–Crippen MR) is 89.0 cm³/mol. The molecule has 3 nitrogen and oxygen atoms in total. The Morgan fingerprint density at radius 1 is 0.957 bits per heavy atom. The van der Waals surface area contributed by atoms with Gasteiger partial charge in [-0.3, -0.25) is 0 Å². The van der Waals surface area contributed by atoms with Crippen LogP contribution < -0.4 is 51.4 Å². The summed E-state index contributed by atoms with van der Waals surface area (Å²) in [4.78, 5) is -0.143. The molecule has 0 spiro atoms. The quantitative estimate of drug-likeness (QED) is 0.410. The van der Waals surface area contributed by atoms with E-state index in [0.29, 0.717) is 0 Å². The van der Waals surface area contributed by atoms with Gasteiger partial charge in [-0.05, 0) is 41.3 Å². The van der Waals surface area contributed by atoms with Gasteiger partial charge in [-0.25, -0.2) is 8.42 Å². The van der Waals surface area contributed by atoms with E-state index in [0.717, 1.165) is 29.2 Å². The molecule has 0 saturated carbocycles. The van der Waals surface area contributed by atoms with Crippen molar-refractivity contribution in [2.24, 2.45) is 0 Å². The molecule has 2 rings (SSSR count). The van der Waals surface area contributed by atoms with Gasteiger partial charge in [0.05, 0.1) is 4.90 Å². The Labute approximate surface area is 182 Å². The molecule has 0 aromatic heterocycles. The van der Waals surface area contributed by atoms with Crippen molar-refractivity contribution in [1.29, 1.82) is 0 Å². The molecule has 0 amide bonds. The number of hydrogen-bond donors (Lipinski definition) is 0. The van der Waals surface area contributed by atoms with E-state index in [2.05, 4.69) is 6.92 Å². The predicted octanol–water partition coefficient (Wildman–Crippen LogP) is 1.65. The van der Waals surface area contributed by atoms with Gasteiger partial charge in [-0.1, -0.05) is 63.3 Å². The molecular weight excluding hydrogens is 335 g/mol. The minimum absolute atomic E-state index is 0. The minimum atomic E-state index is -4.40. The Morgan fingerprint density at radius 3 is 2.35 bits per heavy atom.